The lowest BCUT2D eigenvalue weighted by atomic mass is 9.83. The number of halogens is 1. The number of carbonyl (C=O) groups excluding carboxylic acids is 1. The molecule has 0 spiro atoms. The summed E-state index contributed by atoms with van der Waals surface area (Å²) < 4.78 is 6.22. The predicted octanol–water partition coefficient (Wildman–Crippen LogP) is 0.963. The Morgan fingerprint density at radius 2 is 2.26 bits per heavy atom. The van der Waals surface area contributed by atoms with E-state index >= 15 is 0 Å². The minimum Gasteiger partial charge on any atom is -0.496 e. The highest BCUT2D eigenvalue weighted by atomic mass is 79.9. The van der Waals surface area contributed by atoms with Crippen molar-refractivity contribution in [1.29, 1.82) is 0 Å². The third kappa shape index (κ3) is 2.59. The fourth-order valence-corrected chi connectivity index (χ4v) is 4.71. The van der Waals surface area contributed by atoms with Gasteiger partial charge in [-0.3, -0.25) is 4.79 Å². The van der Waals surface area contributed by atoms with E-state index in [1.807, 2.05) is 12.2 Å². The van der Waals surface area contributed by atoms with Crippen LogP contribution in [-0.4, -0.2) is 55.3 Å². The average Bonchev–Trinajstić information content (AvgIpc) is 3.01. The molecular formula is C16H21BrN4O2. The largest absolute Gasteiger partial charge is 0.496 e. The van der Waals surface area contributed by atoms with E-state index in [9.17, 15) is 4.79 Å². The van der Waals surface area contributed by atoms with Gasteiger partial charge in [0.2, 0.25) is 0 Å². The van der Waals surface area contributed by atoms with Gasteiger partial charge in [-0.1, -0.05) is 6.08 Å². The Morgan fingerprint density at radius 1 is 1.48 bits per heavy atom. The van der Waals surface area contributed by atoms with Crippen molar-refractivity contribution in [2.24, 2.45) is 16.9 Å². The van der Waals surface area contributed by atoms with Gasteiger partial charge in [0.25, 0.3) is 5.91 Å². The molecule has 1 amide bonds. The molecule has 3 fully saturated rings. The number of nitrogens with one attached hydrogen (secondary N) is 2. The Labute approximate surface area is 144 Å². The normalized spacial score (nSPS) is 38.0. The van der Waals surface area contributed by atoms with Gasteiger partial charge in [-0.25, -0.2) is 0 Å². The van der Waals surface area contributed by atoms with E-state index in [1.54, 1.807) is 7.11 Å². The Hall–Kier alpha value is -1.34. The molecule has 5 aliphatic rings. The number of amides is 1. The third-order valence-corrected chi connectivity index (χ3v) is 6.27. The van der Waals surface area contributed by atoms with Crippen LogP contribution in [0, 0.1) is 11.8 Å². The Bertz CT molecular complexity index is 607. The zero-order chi connectivity index (χ0) is 16.0. The lowest BCUT2D eigenvalue weighted by molar-refractivity contribution is -0.117. The Kier molecular flexibility index (Phi) is 3.93. The molecule has 2 unspecified atom stereocenters. The molecule has 4 aliphatic heterocycles. The summed E-state index contributed by atoms with van der Waals surface area (Å²) >= 11 is 3.55. The van der Waals surface area contributed by atoms with Gasteiger partial charge in [0.15, 0.2) is 0 Å². The number of carbonyl (C=O) groups is 1. The van der Waals surface area contributed by atoms with Crippen molar-refractivity contribution >= 4 is 27.5 Å². The van der Waals surface area contributed by atoms with E-state index in [-0.39, 0.29) is 23.9 Å². The summed E-state index contributed by atoms with van der Waals surface area (Å²) in [6, 6.07) is 0.204. The molecule has 4 heterocycles. The van der Waals surface area contributed by atoms with Crippen LogP contribution < -0.4 is 10.7 Å². The molecule has 5 rings (SSSR count). The highest BCUT2D eigenvalue weighted by Gasteiger charge is 2.41. The maximum atomic E-state index is 12.7. The minimum atomic E-state index is -0.0535. The van der Waals surface area contributed by atoms with Crippen LogP contribution in [0.5, 0.6) is 0 Å². The summed E-state index contributed by atoms with van der Waals surface area (Å²) in [6.45, 7) is 3.31. The molecular weight excluding hydrogens is 360 g/mol. The zero-order valence-corrected chi connectivity index (χ0v) is 14.7. The summed E-state index contributed by atoms with van der Waals surface area (Å²) in [5.74, 6) is 1.29. The van der Waals surface area contributed by atoms with E-state index in [0.29, 0.717) is 11.6 Å². The number of allylic oxidation sites excluding steroid dienone is 1. The van der Waals surface area contributed by atoms with E-state index in [1.165, 1.54) is 25.9 Å². The van der Waals surface area contributed by atoms with Crippen LogP contribution >= 0.6 is 15.9 Å². The predicted molar refractivity (Wildman–Crippen MR) is 91.0 cm³/mol. The molecule has 6 nitrogen and oxygen atoms in total. The van der Waals surface area contributed by atoms with Gasteiger partial charge in [0.05, 0.1) is 23.6 Å². The Morgan fingerprint density at radius 3 is 2.91 bits per heavy atom. The summed E-state index contributed by atoms with van der Waals surface area (Å²) in [5, 5.41) is 7.51. The second-order valence-electron chi connectivity index (χ2n) is 6.62. The average molecular weight is 381 g/mol. The number of hydrogen-bond donors (Lipinski definition) is 2. The number of piperidine rings is 3. The first-order chi connectivity index (χ1) is 11.2. The Balaban J connectivity index is 1.44. The fraction of sp³-hybridized carbons (Fsp3) is 0.625. The number of hydrogen-bond acceptors (Lipinski definition) is 5. The highest BCUT2D eigenvalue weighted by Crippen LogP contribution is 2.33. The van der Waals surface area contributed by atoms with E-state index in [0.717, 1.165) is 16.8 Å². The van der Waals surface area contributed by atoms with Gasteiger partial charge in [0, 0.05) is 12.6 Å². The SMILES string of the molecule is COC1=C(Br)C2NN=C(C(=O)N[C@@H]3CN4CCC3CC4)C2C=C1. The summed E-state index contributed by atoms with van der Waals surface area (Å²) in [4.78, 5) is 15.1. The number of methoxy groups -OCH3 is 1. The molecule has 0 aromatic rings. The van der Waals surface area contributed by atoms with E-state index in [4.69, 9.17) is 4.74 Å². The summed E-state index contributed by atoms with van der Waals surface area (Å²) in [5.41, 5.74) is 3.62. The van der Waals surface area contributed by atoms with Gasteiger partial charge < -0.3 is 20.4 Å². The third-order valence-electron chi connectivity index (χ3n) is 5.39. The van der Waals surface area contributed by atoms with Crippen molar-refractivity contribution < 1.29 is 9.53 Å². The van der Waals surface area contributed by atoms with E-state index in [2.05, 4.69) is 36.7 Å². The fourth-order valence-electron chi connectivity index (χ4n) is 4.03. The number of ether oxygens (including phenoxy) is 1. The molecule has 0 aromatic heterocycles. The van der Waals surface area contributed by atoms with Crippen molar-refractivity contribution in [2.75, 3.05) is 26.7 Å². The van der Waals surface area contributed by atoms with Gasteiger partial charge in [-0.05, 0) is 53.9 Å². The van der Waals surface area contributed by atoms with Crippen LogP contribution in [-0.2, 0) is 9.53 Å². The second-order valence-corrected chi connectivity index (χ2v) is 7.48. The van der Waals surface area contributed by atoms with Gasteiger partial charge in [-0.15, -0.1) is 0 Å². The second kappa shape index (κ2) is 5.94. The van der Waals surface area contributed by atoms with Crippen LogP contribution in [0.2, 0.25) is 0 Å². The summed E-state index contributed by atoms with van der Waals surface area (Å²) in [7, 11) is 1.64. The molecule has 1 aliphatic carbocycles. The molecule has 23 heavy (non-hydrogen) atoms. The smallest absolute Gasteiger partial charge is 0.268 e. The maximum absolute atomic E-state index is 12.7. The molecule has 3 atom stereocenters. The van der Waals surface area contributed by atoms with Gasteiger partial charge in [-0.2, -0.15) is 5.10 Å². The van der Waals surface area contributed by atoms with Crippen LogP contribution in [0.25, 0.3) is 0 Å². The number of nitrogens with zero attached hydrogens (tertiary/aromatic N) is 2. The lowest BCUT2D eigenvalue weighted by Gasteiger charge is -2.45. The number of hydrazone groups is 1. The van der Waals surface area contributed by atoms with Crippen LogP contribution in [0.3, 0.4) is 0 Å². The minimum absolute atomic E-state index is 0.0467. The molecule has 124 valence electrons. The van der Waals surface area contributed by atoms with Crippen LogP contribution in [0.1, 0.15) is 12.8 Å². The first kappa shape index (κ1) is 15.2. The van der Waals surface area contributed by atoms with Gasteiger partial charge >= 0.3 is 0 Å². The molecule has 2 bridgehead atoms. The first-order valence-electron chi connectivity index (χ1n) is 8.15. The van der Waals surface area contributed by atoms with Crippen LogP contribution in [0.15, 0.2) is 27.5 Å². The standard InChI is InChI=1S/C16H21BrN4O2/c1-23-12-3-2-10-14(13(12)17)19-20-15(10)16(22)18-11-8-21-6-4-9(11)5-7-21/h2-3,9-11,14,19H,4-8H2,1H3,(H,18,22)/t10?,11-,14?/m1/s1. The van der Waals surface area contributed by atoms with Crippen molar-refractivity contribution in [1.82, 2.24) is 15.6 Å². The molecule has 0 aromatic carbocycles. The van der Waals surface area contributed by atoms with E-state index < -0.39 is 0 Å². The lowest BCUT2D eigenvalue weighted by Crippen LogP contribution is -2.58. The monoisotopic (exact) mass is 380 g/mol. The van der Waals surface area contributed by atoms with Crippen LogP contribution in [0.4, 0.5) is 0 Å². The van der Waals surface area contributed by atoms with Crippen molar-refractivity contribution in [3.63, 3.8) is 0 Å². The zero-order valence-electron chi connectivity index (χ0n) is 13.1. The number of fused-ring (bicyclic) bond motifs is 4. The summed E-state index contributed by atoms with van der Waals surface area (Å²) in [6.07, 6.45) is 6.26. The number of rotatable bonds is 3. The molecule has 0 radical (unpaired) electrons. The van der Waals surface area contributed by atoms with Crippen molar-refractivity contribution in [3.05, 3.63) is 22.4 Å². The van der Waals surface area contributed by atoms with Crippen molar-refractivity contribution in [3.8, 4) is 0 Å². The first-order valence-corrected chi connectivity index (χ1v) is 8.95. The molecule has 0 saturated carbocycles. The van der Waals surface area contributed by atoms with Crippen molar-refractivity contribution in [2.45, 2.75) is 24.9 Å². The molecule has 2 N–H and O–H groups in total. The molecule has 3 saturated heterocycles. The topological polar surface area (TPSA) is 66.0 Å². The maximum Gasteiger partial charge on any atom is 0.268 e. The van der Waals surface area contributed by atoms with Gasteiger partial charge in [0.1, 0.15) is 11.5 Å². The molecule has 7 heteroatoms. The highest BCUT2D eigenvalue weighted by molar-refractivity contribution is 9.11. The quantitative estimate of drug-likeness (QED) is 0.765.